The molecule has 0 bridgehead atoms. The van der Waals surface area contributed by atoms with E-state index < -0.39 is 11.4 Å². The monoisotopic (exact) mass is 234 g/mol. The Morgan fingerprint density at radius 3 is 1.71 bits per heavy atom. The van der Waals surface area contributed by atoms with E-state index in [-0.39, 0.29) is 0 Å². The number of nitrogens with two attached hydrogens (primary N) is 2. The maximum absolute atomic E-state index is 9.72. The number of allylic oxidation sites excluding steroid dienone is 4. The second kappa shape index (κ2) is 4.23. The molecule has 2 atom stereocenters. The van der Waals surface area contributed by atoms with Crippen LogP contribution in [0.15, 0.2) is 47.6 Å². The normalized spacial score (nSPS) is 36.7. The minimum absolute atomic E-state index is 0.410. The Labute approximate surface area is 101 Å². The Bertz CT molecular complexity index is 389. The van der Waals surface area contributed by atoms with E-state index in [0.717, 1.165) is 11.1 Å². The molecule has 2 unspecified atom stereocenters. The van der Waals surface area contributed by atoms with Gasteiger partial charge in [0.2, 0.25) is 0 Å². The lowest BCUT2D eigenvalue weighted by Gasteiger charge is -2.27. The van der Waals surface area contributed by atoms with Gasteiger partial charge in [0.15, 0.2) is 0 Å². The third-order valence-corrected chi connectivity index (χ3v) is 2.91. The fourth-order valence-electron chi connectivity index (χ4n) is 2.20. The van der Waals surface area contributed by atoms with Gasteiger partial charge in [-0.1, -0.05) is 35.5 Å². The third-order valence-electron chi connectivity index (χ3n) is 2.91. The largest absolute Gasteiger partial charge is 0.372 e. The number of rotatable bonds is 2. The van der Waals surface area contributed by atoms with Crippen molar-refractivity contribution >= 4 is 0 Å². The molecule has 0 saturated carbocycles. The quantitative estimate of drug-likeness (QED) is 0.522. The Kier molecular flexibility index (Phi) is 3.05. The van der Waals surface area contributed by atoms with Crippen molar-refractivity contribution in [2.75, 3.05) is 0 Å². The molecule has 4 nitrogen and oxygen atoms in total. The van der Waals surface area contributed by atoms with Crippen LogP contribution < -0.4 is 11.5 Å². The molecule has 6 N–H and O–H groups in total. The molecule has 0 spiro atoms. The molecule has 4 heteroatoms. The fraction of sp³-hybridized carbons (Fsp3) is 0.385. The molecule has 2 rings (SSSR count). The van der Waals surface area contributed by atoms with Gasteiger partial charge < -0.3 is 21.7 Å². The van der Waals surface area contributed by atoms with E-state index in [9.17, 15) is 10.2 Å². The van der Waals surface area contributed by atoms with Crippen LogP contribution in [0.2, 0.25) is 0 Å². The summed E-state index contributed by atoms with van der Waals surface area (Å²) in [5.41, 5.74) is 10.9. The van der Waals surface area contributed by atoms with Crippen molar-refractivity contribution in [3.63, 3.8) is 0 Å². The lowest BCUT2D eigenvalue weighted by Crippen LogP contribution is -2.39. The van der Waals surface area contributed by atoms with E-state index in [0.29, 0.717) is 19.3 Å². The first-order valence-electron chi connectivity index (χ1n) is 5.63. The van der Waals surface area contributed by atoms with Crippen LogP contribution in [0.3, 0.4) is 0 Å². The van der Waals surface area contributed by atoms with Crippen molar-refractivity contribution in [1.29, 1.82) is 0 Å². The van der Waals surface area contributed by atoms with Crippen LogP contribution >= 0.6 is 0 Å². The summed E-state index contributed by atoms with van der Waals surface area (Å²) in [5, 5.41) is 19.4. The lowest BCUT2D eigenvalue weighted by molar-refractivity contribution is 0.0936. The van der Waals surface area contributed by atoms with Crippen molar-refractivity contribution in [3.8, 4) is 0 Å². The van der Waals surface area contributed by atoms with Crippen molar-refractivity contribution < 1.29 is 10.2 Å². The van der Waals surface area contributed by atoms with Crippen LogP contribution in [0, 0.1) is 0 Å². The SMILES string of the molecule is NC1(O)C=CC=C(CC2=CC=CC(N)(O)C2)C1. The molecule has 0 amide bonds. The van der Waals surface area contributed by atoms with Crippen LogP contribution in [0.25, 0.3) is 0 Å². The maximum atomic E-state index is 9.72. The van der Waals surface area contributed by atoms with Gasteiger partial charge in [0, 0.05) is 12.8 Å². The highest BCUT2D eigenvalue weighted by Gasteiger charge is 2.25. The van der Waals surface area contributed by atoms with Gasteiger partial charge in [0.05, 0.1) is 0 Å². The van der Waals surface area contributed by atoms with Crippen molar-refractivity contribution in [2.45, 2.75) is 30.7 Å². The first-order valence-corrected chi connectivity index (χ1v) is 5.63. The maximum Gasteiger partial charge on any atom is 0.136 e. The summed E-state index contributed by atoms with van der Waals surface area (Å²) < 4.78 is 0. The van der Waals surface area contributed by atoms with Gasteiger partial charge in [-0.05, 0) is 18.6 Å². The Morgan fingerprint density at radius 2 is 1.35 bits per heavy atom. The summed E-state index contributed by atoms with van der Waals surface area (Å²) in [5.74, 6) is 0. The molecule has 0 aromatic rings. The summed E-state index contributed by atoms with van der Waals surface area (Å²) in [7, 11) is 0. The highest BCUT2D eigenvalue weighted by Crippen LogP contribution is 2.28. The molecular formula is C13H18N2O2. The first kappa shape index (κ1) is 12.3. The molecular weight excluding hydrogens is 216 g/mol. The minimum Gasteiger partial charge on any atom is -0.372 e. The van der Waals surface area contributed by atoms with Crippen LogP contribution in [-0.4, -0.2) is 21.7 Å². The standard InChI is InChI=1S/C13H18N2O2/c14-12(16)5-1-3-10(8-12)7-11-4-2-6-13(15,17)9-11/h1-6,16-17H,7-9,14-15H2. The molecule has 92 valence electrons. The molecule has 0 heterocycles. The average molecular weight is 234 g/mol. The van der Waals surface area contributed by atoms with Gasteiger partial charge in [-0.2, -0.15) is 0 Å². The number of hydrogen-bond donors (Lipinski definition) is 4. The van der Waals surface area contributed by atoms with Crippen molar-refractivity contribution in [2.24, 2.45) is 11.5 Å². The molecule has 0 radical (unpaired) electrons. The number of aliphatic hydroxyl groups is 2. The van der Waals surface area contributed by atoms with Gasteiger partial charge in [-0.15, -0.1) is 0 Å². The predicted octanol–water partition coefficient (Wildman–Crippen LogP) is 0.444. The average Bonchev–Trinajstić information content (AvgIpc) is 2.13. The lowest BCUT2D eigenvalue weighted by atomic mass is 9.88. The highest BCUT2D eigenvalue weighted by atomic mass is 16.3. The van der Waals surface area contributed by atoms with Gasteiger partial charge in [-0.3, -0.25) is 0 Å². The van der Waals surface area contributed by atoms with Crippen LogP contribution in [0.1, 0.15) is 19.3 Å². The molecule has 0 fully saturated rings. The Balaban J connectivity index is 2.04. The van der Waals surface area contributed by atoms with Gasteiger partial charge >= 0.3 is 0 Å². The molecule has 0 saturated heterocycles. The molecule has 0 aromatic carbocycles. The second-order valence-corrected chi connectivity index (χ2v) is 4.88. The van der Waals surface area contributed by atoms with Crippen molar-refractivity contribution in [1.82, 2.24) is 0 Å². The molecule has 17 heavy (non-hydrogen) atoms. The van der Waals surface area contributed by atoms with Gasteiger partial charge in [0.25, 0.3) is 0 Å². The fourth-order valence-corrected chi connectivity index (χ4v) is 2.20. The topological polar surface area (TPSA) is 92.5 Å². The highest BCUT2D eigenvalue weighted by molar-refractivity contribution is 5.32. The van der Waals surface area contributed by atoms with Crippen LogP contribution in [-0.2, 0) is 0 Å². The molecule has 0 aromatic heterocycles. The summed E-state index contributed by atoms with van der Waals surface area (Å²) in [6.07, 6.45) is 12.0. The van der Waals surface area contributed by atoms with Gasteiger partial charge in [0.1, 0.15) is 11.4 Å². The van der Waals surface area contributed by atoms with E-state index in [4.69, 9.17) is 11.5 Å². The summed E-state index contributed by atoms with van der Waals surface area (Å²) in [6, 6.07) is 0. The van der Waals surface area contributed by atoms with E-state index in [1.165, 1.54) is 0 Å². The van der Waals surface area contributed by atoms with E-state index >= 15 is 0 Å². The second-order valence-electron chi connectivity index (χ2n) is 4.88. The third kappa shape index (κ3) is 3.38. The smallest absolute Gasteiger partial charge is 0.136 e. The zero-order chi connectivity index (χ0) is 12.5. The number of hydrogen-bond acceptors (Lipinski definition) is 4. The van der Waals surface area contributed by atoms with Crippen LogP contribution in [0.5, 0.6) is 0 Å². The first-order chi connectivity index (χ1) is 7.86. The van der Waals surface area contributed by atoms with Crippen LogP contribution in [0.4, 0.5) is 0 Å². The van der Waals surface area contributed by atoms with E-state index in [1.54, 1.807) is 24.3 Å². The van der Waals surface area contributed by atoms with E-state index in [1.807, 2.05) is 12.2 Å². The van der Waals surface area contributed by atoms with E-state index in [2.05, 4.69) is 0 Å². The summed E-state index contributed by atoms with van der Waals surface area (Å²) in [4.78, 5) is 0. The molecule has 2 aliphatic rings. The van der Waals surface area contributed by atoms with Gasteiger partial charge in [-0.25, -0.2) is 0 Å². The zero-order valence-electron chi connectivity index (χ0n) is 9.63. The summed E-state index contributed by atoms with van der Waals surface area (Å²) >= 11 is 0. The summed E-state index contributed by atoms with van der Waals surface area (Å²) in [6.45, 7) is 0. The van der Waals surface area contributed by atoms with Crippen molar-refractivity contribution in [3.05, 3.63) is 47.6 Å². The molecule has 0 aliphatic heterocycles. The minimum atomic E-state index is -1.26. The Morgan fingerprint density at radius 1 is 0.941 bits per heavy atom. The Hall–Kier alpha value is -1.20. The molecule has 2 aliphatic carbocycles. The predicted molar refractivity (Wildman–Crippen MR) is 66.6 cm³/mol. The zero-order valence-corrected chi connectivity index (χ0v) is 9.63.